The van der Waals surface area contributed by atoms with Crippen molar-refractivity contribution in [3.63, 3.8) is 0 Å². The third-order valence-electron chi connectivity index (χ3n) is 11.1. The fourth-order valence-electron chi connectivity index (χ4n) is 8.07. The van der Waals surface area contributed by atoms with Gasteiger partial charge in [0.25, 0.3) is 0 Å². The molecule has 4 N–H and O–H groups in total. The Hall–Kier alpha value is -6.44. The van der Waals surface area contributed by atoms with Crippen molar-refractivity contribution in [2.45, 2.75) is 38.5 Å². The van der Waals surface area contributed by atoms with Gasteiger partial charge in [-0.15, -0.1) is 22.7 Å². The van der Waals surface area contributed by atoms with Crippen molar-refractivity contribution in [1.29, 1.82) is 0 Å². The number of methoxy groups -OCH3 is 2. The van der Waals surface area contributed by atoms with Crippen LogP contribution in [0.2, 0.25) is 0 Å². The first-order chi connectivity index (χ1) is 29.2. The number of nitrogens with zero attached hydrogens (tertiary/aromatic N) is 9. The number of aromatic nitrogens is 8. The molecule has 1 amide bonds. The van der Waals surface area contributed by atoms with Gasteiger partial charge < -0.3 is 35.2 Å². The number of aliphatic hydroxyl groups is 1. The van der Waals surface area contributed by atoms with Crippen LogP contribution in [0.5, 0.6) is 11.5 Å². The summed E-state index contributed by atoms with van der Waals surface area (Å²) in [6, 6.07) is 7.78. The van der Waals surface area contributed by atoms with Crippen LogP contribution in [0.25, 0.3) is 31.5 Å². The number of pyridine rings is 2. The number of anilines is 4. The molecule has 8 heterocycles. The summed E-state index contributed by atoms with van der Waals surface area (Å²) in [6.45, 7) is 0.333. The highest BCUT2D eigenvalue weighted by atomic mass is 32.1. The van der Waals surface area contributed by atoms with Crippen LogP contribution in [0.3, 0.4) is 0 Å². The van der Waals surface area contributed by atoms with E-state index in [1.54, 1.807) is 76.6 Å². The number of rotatable bonds is 10. The zero-order valence-corrected chi connectivity index (χ0v) is 34.6. The van der Waals surface area contributed by atoms with E-state index in [4.69, 9.17) is 14.6 Å². The number of ether oxygens (including phenoxy) is 2. The first-order valence-corrected chi connectivity index (χ1v) is 21.0. The number of carbonyl (C=O) groups excluding carboxylic acids is 1. The summed E-state index contributed by atoms with van der Waals surface area (Å²) < 4.78 is 14.6. The molecule has 0 aliphatic heterocycles. The number of carbonyl (C=O) groups is 2. The fourth-order valence-corrected chi connectivity index (χ4v) is 10.6. The smallest absolute Gasteiger partial charge is 0.306 e. The van der Waals surface area contributed by atoms with Gasteiger partial charge in [-0.3, -0.25) is 9.59 Å². The molecule has 2 atom stereocenters. The third kappa shape index (κ3) is 7.28. The van der Waals surface area contributed by atoms with Crippen LogP contribution in [0.4, 0.5) is 23.0 Å². The number of carboxylic acids is 1. The molecule has 0 fully saturated rings. The van der Waals surface area contributed by atoms with Gasteiger partial charge >= 0.3 is 5.97 Å². The molecular formula is C41H41N11O6S2. The molecule has 2 aliphatic carbocycles. The van der Waals surface area contributed by atoms with Crippen LogP contribution in [0.15, 0.2) is 61.7 Å². The van der Waals surface area contributed by atoms with Crippen LogP contribution in [-0.4, -0.2) is 101 Å². The lowest BCUT2D eigenvalue weighted by atomic mass is 9.87. The van der Waals surface area contributed by atoms with Crippen LogP contribution >= 0.6 is 22.7 Å². The van der Waals surface area contributed by atoms with Gasteiger partial charge in [-0.25, -0.2) is 29.0 Å². The number of hydrogen-bond acceptors (Lipinski definition) is 15. The number of hydrogen-bond donors (Lipinski definition) is 4. The van der Waals surface area contributed by atoms with E-state index in [1.807, 2.05) is 36.7 Å². The second kappa shape index (κ2) is 16.3. The number of fused-ring (bicyclic) bond motifs is 8. The molecule has 8 aromatic heterocycles. The number of aliphatic carboxylic acids is 1. The molecule has 19 heteroatoms. The molecule has 0 saturated carbocycles. The van der Waals surface area contributed by atoms with Crippen molar-refractivity contribution in [3.8, 4) is 11.5 Å². The van der Waals surface area contributed by atoms with Crippen molar-refractivity contribution in [3.05, 3.63) is 82.6 Å². The number of aryl methyl sites for hydroxylation is 2. The first kappa shape index (κ1) is 39.0. The maximum absolute atomic E-state index is 12.7. The van der Waals surface area contributed by atoms with Gasteiger partial charge in [0.2, 0.25) is 5.91 Å². The molecule has 60 heavy (non-hydrogen) atoms. The first-order valence-electron chi connectivity index (χ1n) is 19.4. The quantitative estimate of drug-likeness (QED) is 0.126. The predicted molar refractivity (Wildman–Crippen MR) is 228 cm³/mol. The van der Waals surface area contributed by atoms with Crippen molar-refractivity contribution in [1.82, 2.24) is 44.1 Å². The van der Waals surface area contributed by atoms with Crippen LogP contribution in [0.1, 0.15) is 33.7 Å². The molecule has 0 spiro atoms. The zero-order valence-electron chi connectivity index (χ0n) is 33.0. The van der Waals surface area contributed by atoms with Gasteiger partial charge in [0.05, 0.1) is 72.3 Å². The fraction of sp³-hybridized carbons (Fsp3) is 0.317. The molecule has 0 radical (unpaired) electrons. The average molecular weight is 848 g/mol. The Morgan fingerprint density at radius 2 is 1.30 bits per heavy atom. The van der Waals surface area contributed by atoms with Crippen LogP contribution in [-0.2, 0) is 35.3 Å². The molecule has 2 aliphatic rings. The Bertz CT molecular complexity index is 2900. The molecule has 0 aromatic carbocycles. The van der Waals surface area contributed by atoms with E-state index in [0.29, 0.717) is 49.5 Å². The summed E-state index contributed by atoms with van der Waals surface area (Å²) in [6.07, 6.45) is 14.4. The molecule has 10 rings (SSSR count). The van der Waals surface area contributed by atoms with Crippen LogP contribution < -0.4 is 20.1 Å². The minimum absolute atomic E-state index is 0.0255. The largest absolute Gasteiger partial charge is 0.493 e. The monoisotopic (exact) mass is 847 g/mol. The Labute approximate surface area is 350 Å². The number of aliphatic hydroxyl groups excluding tert-OH is 1. The second-order valence-electron chi connectivity index (χ2n) is 14.7. The Balaban J connectivity index is 0.000000155. The summed E-state index contributed by atoms with van der Waals surface area (Å²) in [5, 5.41) is 35.8. The molecule has 0 unspecified atom stereocenters. The minimum atomic E-state index is -0.730. The van der Waals surface area contributed by atoms with E-state index >= 15 is 0 Å². The van der Waals surface area contributed by atoms with Crippen molar-refractivity contribution < 1.29 is 29.3 Å². The molecule has 308 valence electrons. The minimum Gasteiger partial charge on any atom is -0.493 e. The van der Waals surface area contributed by atoms with Crippen molar-refractivity contribution in [2.24, 2.45) is 11.8 Å². The average Bonchev–Trinajstić information content (AvgIpc) is 4.07. The van der Waals surface area contributed by atoms with E-state index in [-0.39, 0.29) is 24.3 Å². The van der Waals surface area contributed by atoms with Gasteiger partial charge in [-0.05, 0) is 73.9 Å². The molecular weight excluding hydrogens is 807 g/mol. The predicted octanol–water partition coefficient (Wildman–Crippen LogP) is 5.93. The van der Waals surface area contributed by atoms with E-state index in [1.165, 1.54) is 16.8 Å². The highest BCUT2D eigenvalue weighted by Gasteiger charge is 2.31. The molecule has 8 aromatic rings. The number of carboxylic acid groups (broad SMARTS) is 1. The van der Waals surface area contributed by atoms with E-state index in [9.17, 15) is 14.7 Å². The maximum Gasteiger partial charge on any atom is 0.306 e. The van der Waals surface area contributed by atoms with Gasteiger partial charge in [-0.1, -0.05) is 0 Å². The summed E-state index contributed by atoms with van der Waals surface area (Å²) >= 11 is 3.19. The molecule has 0 saturated heterocycles. The van der Waals surface area contributed by atoms with Gasteiger partial charge in [0.15, 0.2) is 11.5 Å². The summed E-state index contributed by atoms with van der Waals surface area (Å²) in [7, 11) is 4.99. The topological polar surface area (TPSA) is 207 Å². The lowest BCUT2D eigenvalue weighted by Gasteiger charge is -2.26. The lowest BCUT2D eigenvalue weighted by molar-refractivity contribution is -0.142. The maximum atomic E-state index is 12.7. The summed E-state index contributed by atoms with van der Waals surface area (Å²) in [5.74, 6) is 1.72. The van der Waals surface area contributed by atoms with E-state index in [2.05, 4.69) is 40.8 Å². The van der Waals surface area contributed by atoms with Crippen LogP contribution in [0, 0.1) is 11.8 Å². The van der Waals surface area contributed by atoms with E-state index in [0.717, 1.165) is 71.9 Å². The third-order valence-corrected chi connectivity index (χ3v) is 13.5. The van der Waals surface area contributed by atoms with Crippen molar-refractivity contribution >= 4 is 89.0 Å². The standard InChI is InChI=1S/C22H24N6O3S.C19H17N5O3S/c1-27(7-8-29)22(30)13-3-4-15-18(9-13)32-21-19(15)20(23-12-24-21)26-16-10-14-5-6-25-28(14)11-17(16)31-2;1-27-14-8-24-11(4-5-22-24)7-13(14)23-17-16-12-3-2-10(19(25)26)6-15(12)28-18(16)21-9-20-17/h5-6,10-13,29H,3-4,7-9H2,1-2H3,(H,23,24,26);4-5,7-10H,2-3,6H2,1H3,(H,25,26)(H,20,21,23)/t13-;10-/m00/s1. The van der Waals surface area contributed by atoms with Gasteiger partial charge in [0.1, 0.15) is 34.0 Å². The van der Waals surface area contributed by atoms with Crippen molar-refractivity contribution in [2.75, 3.05) is 45.1 Å². The lowest BCUT2D eigenvalue weighted by Crippen LogP contribution is -2.37. The SMILES string of the molecule is COc1cn2nccc2cc1Nc1ncnc2sc3c(c12)CC[C@H](C(=O)N(C)CCO)C3.COc1cn2nccc2cc1Nc1ncnc2sc3c(c12)CC[C@H](C(=O)O)C3. The number of nitrogens with one attached hydrogen (secondary N) is 2. The Morgan fingerprint density at radius 1 is 0.800 bits per heavy atom. The van der Waals surface area contributed by atoms with Gasteiger partial charge in [0, 0.05) is 41.7 Å². The number of likely N-dealkylation sites (N-methyl/N-ethyl adjacent to an activating group) is 1. The highest BCUT2D eigenvalue weighted by Crippen LogP contribution is 2.43. The summed E-state index contributed by atoms with van der Waals surface area (Å²) in [4.78, 5) is 47.7. The number of amides is 1. The Morgan fingerprint density at radius 3 is 1.78 bits per heavy atom. The second-order valence-corrected chi connectivity index (χ2v) is 16.8. The zero-order chi connectivity index (χ0) is 41.5. The normalized spacial score (nSPS) is 15.9. The van der Waals surface area contributed by atoms with E-state index < -0.39 is 5.97 Å². The summed E-state index contributed by atoms with van der Waals surface area (Å²) in [5.41, 5.74) is 5.84. The number of thiophene rings is 2. The Kier molecular flexibility index (Phi) is 10.6. The highest BCUT2D eigenvalue weighted by molar-refractivity contribution is 7.19. The molecule has 0 bridgehead atoms. The van der Waals surface area contributed by atoms with Gasteiger partial charge in [-0.2, -0.15) is 10.2 Å². The molecule has 17 nitrogen and oxygen atoms in total.